The number of quaternary nitrogens is 1. The Balaban J connectivity index is 2.15. The van der Waals surface area contributed by atoms with Crippen molar-refractivity contribution in [1.29, 1.82) is 0 Å². The third-order valence-electron chi connectivity index (χ3n) is 4.86. The quantitative estimate of drug-likeness (QED) is 0.569. The van der Waals surface area contributed by atoms with Gasteiger partial charge in [-0.25, -0.2) is 0 Å². The van der Waals surface area contributed by atoms with Crippen molar-refractivity contribution in [2.24, 2.45) is 5.92 Å². The van der Waals surface area contributed by atoms with E-state index >= 15 is 0 Å². The summed E-state index contributed by atoms with van der Waals surface area (Å²) in [6.45, 7) is 3.22. The van der Waals surface area contributed by atoms with Crippen LogP contribution in [-0.2, 0) is 19.1 Å². The van der Waals surface area contributed by atoms with Crippen molar-refractivity contribution < 1.29 is 23.5 Å². The zero-order valence-corrected chi connectivity index (χ0v) is 12.2. The molecule has 2 bridgehead atoms. The second kappa shape index (κ2) is 5.12. The molecule has 0 N–H and O–H groups in total. The third kappa shape index (κ3) is 2.76. The summed E-state index contributed by atoms with van der Waals surface area (Å²) < 4.78 is 11.6. The van der Waals surface area contributed by atoms with Crippen molar-refractivity contribution in [3.63, 3.8) is 0 Å². The van der Waals surface area contributed by atoms with E-state index in [-0.39, 0.29) is 24.0 Å². The Hall–Kier alpha value is -1.10. The van der Waals surface area contributed by atoms with Crippen LogP contribution in [0.4, 0.5) is 0 Å². The minimum Gasteiger partial charge on any atom is -0.465 e. The first-order valence-corrected chi connectivity index (χ1v) is 6.96. The molecule has 0 aromatic carbocycles. The maximum Gasteiger partial charge on any atom is 0.302 e. The van der Waals surface area contributed by atoms with Gasteiger partial charge in [-0.2, -0.15) is 0 Å². The van der Waals surface area contributed by atoms with E-state index in [0.717, 1.165) is 23.7 Å². The van der Waals surface area contributed by atoms with E-state index < -0.39 is 0 Å². The first kappa shape index (κ1) is 14.3. The van der Waals surface area contributed by atoms with Crippen LogP contribution in [0.15, 0.2) is 0 Å². The molecule has 2 rings (SSSR count). The first-order chi connectivity index (χ1) is 8.82. The number of esters is 2. The minimum atomic E-state index is -0.271. The molecular formula is C14H24NO4+. The molecule has 0 amide bonds. The average molecular weight is 270 g/mol. The molecule has 0 aromatic rings. The van der Waals surface area contributed by atoms with Crippen LogP contribution >= 0.6 is 0 Å². The molecule has 0 aliphatic carbocycles. The predicted molar refractivity (Wildman–Crippen MR) is 69.2 cm³/mol. The lowest BCUT2D eigenvalue weighted by Gasteiger charge is -2.47. The van der Waals surface area contributed by atoms with Gasteiger partial charge in [0.2, 0.25) is 0 Å². The number of hydrogen-bond acceptors (Lipinski definition) is 4. The summed E-state index contributed by atoms with van der Waals surface area (Å²) >= 11 is 0. The highest BCUT2D eigenvalue weighted by molar-refractivity contribution is 5.66. The number of ether oxygens (including phenoxy) is 2. The molecule has 2 aliphatic heterocycles. The molecule has 19 heavy (non-hydrogen) atoms. The molecule has 2 saturated heterocycles. The van der Waals surface area contributed by atoms with Crippen LogP contribution in [-0.4, -0.2) is 55.3 Å². The van der Waals surface area contributed by atoms with Crippen LogP contribution in [0.2, 0.25) is 0 Å². The third-order valence-corrected chi connectivity index (χ3v) is 4.86. The summed E-state index contributed by atoms with van der Waals surface area (Å²) in [6.07, 6.45) is 3.03. The highest BCUT2D eigenvalue weighted by Gasteiger charge is 2.55. The second-order valence-electron chi connectivity index (χ2n) is 6.28. The Kier molecular flexibility index (Phi) is 3.85. The summed E-state index contributed by atoms with van der Waals surface area (Å²) in [7, 11) is 4.46. The smallest absolute Gasteiger partial charge is 0.302 e. The molecule has 108 valence electrons. The van der Waals surface area contributed by atoms with E-state index in [2.05, 4.69) is 14.1 Å². The fraction of sp³-hybridized carbons (Fsp3) is 0.857. The second-order valence-corrected chi connectivity index (χ2v) is 6.28. The highest BCUT2D eigenvalue weighted by atomic mass is 16.6. The summed E-state index contributed by atoms with van der Waals surface area (Å²) in [5.41, 5.74) is 0. The molecule has 2 aliphatic rings. The van der Waals surface area contributed by atoms with Gasteiger partial charge in [-0.05, 0) is 0 Å². The van der Waals surface area contributed by atoms with Crippen molar-refractivity contribution >= 4 is 11.9 Å². The van der Waals surface area contributed by atoms with Gasteiger partial charge in [0.05, 0.1) is 32.1 Å². The van der Waals surface area contributed by atoms with Crippen LogP contribution < -0.4 is 0 Å². The Bertz CT molecular complexity index is 380. The topological polar surface area (TPSA) is 52.6 Å². The number of nitrogens with zero attached hydrogens (tertiary/aromatic N) is 1. The Labute approximate surface area is 114 Å². The zero-order chi connectivity index (χ0) is 14.2. The normalized spacial score (nSPS) is 35.8. The standard InChI is InChI=1S/C14H24NO4/c1-9(16)18-8-12-13-6-5-11(15(13,3)4)7-14(12)19-10(2)17/h11-14H,5-8H2,1-4H3/q+1. The van der Waals surface area contributed by atoms with Crippen LogP contribution in [0.3, 0.4) is 0 Å². The Morgan fingerprint density at radius 1 is 1.16 bits per heavy atom. The van der Waals surface area contributed by atoms with Gasteiger partial charge in [0, 0.05) is 33.1 Å². The van der Waals surface area contributed by atoms with Crippen molar-refractivity contribution in [3.05, 3.63) is 0 Å². The van der Waals surface area contributed by atoms with E-state index in [9.17, 15) is 9.59 Å². The molecule has 5 heteroatoms. The zero-order valence-electron chi connectivity index (χ0n) is 12.2. The van der Waals surface area contributed by atoms with Crippen LogP contribution in [0, 0.1) is 5.92 Å². The van der Waals surface area contributed by atoms with Gasteiger partial charge in [0.25, 0.3) is 0 Å². The molecule has 2 fully saturated rings. The number of carbonyl (C=O) groups is 2. The summed E-state index contributed by atoms with van der Waals surface area (Å²) in [4.78, 5) is 22.3. The van der Waals surface area contributed by atoms with Gasteiger partial charge in [0.1, 0.15) is 12.7 Å². The number of fused-ring (bicyclic) bond motifs is 2. The SMILES string of the molecule is CC(=O)OCC1C(OC(C)=O)CC2CCC1[N+]2(C)C. The van der Waals surface area contributed by atoms with E-state index in [1.165, 1.54) is 13.8 Å². The van der Waals surface area contributed by atoms with Crippen molar-refractivity contribution in [2.45, 2.75) is 51.3 Å². The number of carbonyl (C=O) groups excluding carboxylic acids is 2. The molecule has 4 atom stereocenters. The molecule has 0 spiro atoms. The fourth-order valence-electron chi connectivity index (χ4n) is 3.87. The van der Waals surface area contributed by atoms with Gasteiger partial charge < -0.3 is 14.0 Å². The highest BCUT2D eigenvalue weighted by Crippen LogP contribution is 2.44. The fourth-order valence-corrected chi connectivity index (χ4v) is 3.87. The summed E-state index contributed by atoms with van der Waals surface area (Å²) in [5, 5.41) is 0. The molecular weight excluding hydrogens is 246 g/mol. The summed E-state index contributed by atoms with van der Waals surface area (Å²) in [5.74, 6) is -0.405. The molecule has 5 nitrogen and oxygen atoms in total. The van der Waals surface area contributed by atoms with Crippen LogP contribution in [0.5, 0.6) is 0 Å². The van der Waals surface area contributed by atoms with Gasteiger partial charge in [-0.3, -0.25) is 9.59 Å². The van der Waals surface area contributed by atoms with Crippen LogP contribution in [0.25, 0.3) is 0 Å². The molecule has 0 saturated carbocycles. The van der Waals surface area contributed by atoms with Gasteiger partial charge in [-0.15, -0.1) is 0 Å². The lowest BCUT2D eigenvalue weighted by atomic mass is 9.86. The van der Waals surface area contributed by atoms with E-state index in [4.69, 9.17) is 9.47 Å². The van der Waals surface area contributed by atoms with Crippen LogP contribution in [0.1, 0.15) is 33.1 Å². The largest absolute Gasteiger partial charge is 0.465 e. The molecule has 0 radical (unpaired) electrons. The van der Waals surface area contributed by atoms with Gasteiger partial charge >= 0.3 is 11.9 Å². The monoisotopic (exact) mass is 270 g/mol. The Morgan fingerprint density at radius 2 is 1.84 bits per heavy atom. The minimum absolute atomic E-state index is 0.111. The maximum absolute atomic E-state index is 11.3. The maximum atomic E-state index is 11.3. The van der Waals surface area contributed by atoms with Gasteiger partial charge in [-0.1, -0.05) is 0 Å². The lowest BCUT2D eigenvalue weighted by molar-refractivity contribution is -0.935. The number of rotatable bonds is 3. The first-order valence-electron chi connectivity index (χ1n) is 6.96. The molecule has 2 heterocycles. The van der Waals surface area contributed by atoms with Crippen molar-refractivity contribution in [1.82, 2.24) is 0 Å². The number of piperidine rings is 1. The van der Waals surface area contributed by atoms with E-state index in [1.807, 2.05) is 0 Å². The van der Waals surface area contributed by atoms with E-state index in [1.54, 1.807) is 0 Å². The Morgan fingerprint density at radius 3 is 2.42 bits per heavy atom. The van der Waals surface area contributed by atoms with Gasteiger partial charge in [0.15, 0.2) is 0 Å². The predicted octanol–water partition coefficient (Wildman–Crippen LogP) is 1.11. The molecule has 4 unspecified atom stereocenters. The average Bonchev–Trinajstić information content (AvgIpc) is 2.46. The lowest BCUT2D eigenvalue weighted by Crippen LogP contribution is -2.61. The van der Waals surface area contributed by atoms with Crippen molar-refractivity contribution in [2.75, 3.05) is 20.7 Å². The van der Waals surface area contributed by atoms with E-state index in [0.29, 0.717) is 18.7 Å². The molecule has 0 aromatic heterocycles. The summed E-state index contributed by atoms with van der Waals surface area (Å²) in [6, 6.07) is 0.949. The van der Waals surface area contributed by atoms with Crippen molar-refractivity contribution in [3.8, 4) is 0 Å². The number of hydrogen-bond donors (Lipinski definition) is 0.